The van der Waals surface area contributed by atoms with Crippen molar-refractivity contribution < 1.29 is 14.3 Å². The zero-order chi connectivity index (χ0) is 20.0. The first-order valence-electron chi connectivity index (χ1n) is 8.46. The lowest BCUT2D eigenvalue weighted by Crippen LogP contribution is -2.48. The van der Waals surface area contributed by atoms with Crippen LogP contribution in [0.3, 0.4) is 0 Å². The van der Waals surface area contributed by atoms with E-state index in [4.69, 9.17) is 16.3 Å². The summed E-state index contributed by atoms with van der Waals surface area (Å²) >= 11 is 9.28. The Kier molecular flexibility index (Phi) is 7.68. The molecule has 0 radical (unpaired) electrons. The van der Waals surface area contributed by atoms with Gasteiger partial charge in [-0.05, 0) is 53.5 Å². The summed E-state index contributed by atoms with van der Waals surface area (Å²) < 4.78 is 6.29. The lowest BCUT2D eigenvalue weighted by atomic mass is 10.1. The van der Waals surface area contributed by atoms with Crippen molar-refractivity contribution in [3.8, 4) is 5.75 Å². The first-order valence-corrected chi connectivity index (χ1v) is 9.63. The third-order valence-corrected chi connectivity index (χ3v) is 4.95. The van der Waals surface area contributed by atoms with E-state index in [1.54, 1.807) is 32.2 Å². The highest BCUT2D eigenvalue weighted by Crippen LogP contribution is 2.28. The van der Waals surface area contributed by atoms with Crippen LogP contribution in [0.4, 0.5) is 0 Å². The van der Waals surface area contributed by atoms with E-state index in [1.807, 2.05) is 31.2 Å². The highest BCUT2D eigenvalue weighted by atomic mass is 79.9. The van der Waals surface area contributed by atoms with Crippen molar-refractivity contribution in [2.45, 2.75) is 26.4 Å². The van der Waals surface area contributed by atoms with E-state index in [-0.39, 0.29) is 18.4 Å². The SMILES string of the molecule is CNC(=O)[C@H](C)N(Cc1cccc(C)c1)C(=O)COc1ccc(Cl)cc1Br. The Hall–Kier alpha value is -2.05. The molecular formula is C20H22BrClN2O3. The number of hydrogen-bond donors (Lipinski definition) is 1. The van der Waals surface area contributed by atoms with Gasteiger partial charge in [0.25, 0.3) is 5.91 Å². The maximum Gasteiger partial charge on any atom is 0.261 e. The molecule has 0 aliphatic heterocycles. The van der Waals surface area contributed by atoms with Crippen molar-refractivity contribution in [2.75, 3.05) is 13.7 Å². The fourth-order valence-electron chi connectivity index (χ4n) is 2.61. The summed E-state index contributed by atoms with van der Waals surface area (Å²) in [5, 5.41) is 3.16. The van der Waals surface area contributed by atoms with Crippen molar-refractivity contribution in [3.63, 3.8) is 0 Å². The predicted molar refractivity (Wildman–Crippen MR) is 110 cm³/mol. The number of benzene rings is 2. The van der Waals surface area contributed by atoms with Crippen LogP contribution in [0.1, 0.15) is 18.1 Å². The van der Waals surface area contributed by atoms with Gasteiger partial charge in [-0.1, -0.05) is 41.4 Å². The van der Waals surface area contributed by atoms with Crippen LogP contribution in [0.5, 0.6) is 5.75 Å². The minimum atomic E-state index is -0.625. The molecular weight excluding hydrogens is 432 g/mol. The van der Waals surface area contributed by atoms with E-state index in [0.717, 1.165) is 11.1 Å². The molecule has 2 aromatic carbocycles. The first-order chi connectivity index (χ1) is 12.8. The highest BCUT2D eigenvalue weighted by molar-refractivity contribution is 9.10. The Balaban J connectivity index is 2.15. The van der Waals surface area contributed by atoms with Gasteiger partial charge >= 0.3 is 0 Å². The number of aryl methyl sites for hydroxylation is 1. The summed E-state index contributed by atoms with van der Waals surface area (Å²) in [5.74, 6) is -0.00557. The van der Waals surface area contributed by atoms with Gasteiger partial charge in [-0.2, -0.15) is 0 Å². The number of carbonyl (C=O) groups excluding carboxylic acids is 2. The first kappa shape index (κ1) is 21.3. The van der Waals surface area contributed by atoms with Gasteiger partial charge in [-0.25, -0.2) is 0 Å². The Morgan fingerprint density at radius 3 is 2.63 bits per heavy atom. The number of hydrogen-bond acceptors (Lipinski definition) is 3. The lowest BCUT2D eigenvalue weighted by molar-refractivity contribution is -0.142. The second-order valence-electron chi connectivity index (χ2n) is 6.16. The molecule has 1 N–H and O–H groups in total. The number of nitrogens with one attached hydrogen (secondary N) is 1. The molecule has 27 heavy (non-hydrogen) atoms. The fraction of sp³-hybridized carbons (Fsp3) is 0.300. The van der Waals surface area contributed by atoms with Gasteiger partial charge in [-0.3, -0.25) is 9.59 Å². The largest absolute Gasteiger partial charge is 0.483 e. The minimum Gasteiger partial charge on any atom is -0.483 e. The van der Waals surface area contributed by atoms with E-state index in [9.17, 15) is 9.59 Å². The molecule has 5 nitrogen and oxygen atoms in total. The summed E-state index contributed by atoms with van der Waals surface area (Å²) in [6, 6.07) is 12.3. The Bertz CT molecular complexity index is 829. The van der Waals surface area contributed by atoms with Gasteiger partial charge in [-0.15, -0.1) is 0 Å². The molecule has 7 heteroatoms. The smallest absolute Gasteiger partial charge is 0.261 e. The van der Waals surface area contributed by atoms with Crippen LogP contribution in [0, 0.1) is 6.92 Å². The quantitative estimate of drug-likeness (QED) is 0.690. The van der Waals surface area contributed by atoms with E-state index in [1.165, 1.54) is 4.90 Å². The van der Waals surface area contributed by atoms with Gasteiger partial charge in [0.15, 0.2) is 6.61 Å². The van der Waals surface area contributed by atoms with Crippen LogP contribution in [0.2, 0.25) is 5.02 Å². The maximum absolute atomic E-state index is 12.8. The summed E-state index contributed by atoms with van der Waals surface area (Å²) in [6.07, 6.45) is 0. The number of nitrogens with zero attached hydrogens (tertiary/aromatic N) is 1. The van der Waals surface area contributed by atoms with Crippen molar-refractivity contribution in [1.82, 2.24) is 10.2 Å². The number of rotatable bonds is 7. The molecule has 1 atom stereocenters. The number of carbonyl (C=O) groups is 2. The normalized spacial score (nSPS) is 11.6. The zero-order valence-electron chi connectivity index (χ0n) is 15.5. The van der Waals surface area contributed by atoms with E-state index in [2.05, 4.69) is 21.2 Å². The predicted octanol–water partition coefficient (Wildman–Crippen LogP) is 3.95. The molecule has 144 valence electrons. The number of ether oxygens (including phenoxy) is 1. The van der Waals surface area contributed by atoms with Crippen molar-refractivity contribution in [1.29, 1.82) is 0 Å². The maximum atomic E-state index is 12.8. The molecule has 2 amide bonds. The molecule has 0 unspecified atom stereocenters. The number of likely N-dealkylation sites (N-methyl/N-ethyl adjacent to an activating group) is 1. The van der Waals surface area contributed by atoms with Gasteiger partial charge in [0.1, 0.15) is 11.8 Å². The van der Waals surface area contributed by atoms with Gasteiger partial charge in [0.05, 0.1) is 4.47 Å². The molecule has 0 aliphatic rings. The average Bonchev–Trinajstić information content (AvgIpc) is 2.64. The number of amides is 2. The standard InChI is InChI=1S/C20H22BrClN2O3/c1-13-5-4-6-15(9-13)11-24(14(2)20(26)23-3)19(25)12-27-18-8-7-16(22)10-17(18)21/h4-10,14H,11-12H2,1-3H3,(H,23,26)/t14-/m0/s1. The fourth-order valence-corrected chi connectivity index (χ4v) is 3.41. The third-order valence-electron chi connectivity index (χ3n) is 4.09. The van der Waals surface area contributed by atoms with Crippen molar-refractivity contribution in [2.24, 2.45) is 0 Å². The third kappa shape index (κ3) is 5.97. The van der Waals surface area contributed by atoms with Gasteiger partial charge in [0.2, 0.25) is 5.91 Å². The van der Waals surface area contributed by atoms with Crippen LogP contribution in [-0.2, 0) is 16.1 Å². The summed E-state index contributed by atoms with van der Waals surface area (Å²) in [5.41, 5.74) is 2.04. The molecule has 2 rings (SSSR count). The second kappa shape index (κ2) is 9.76. The summed E-state index contributed by atoms with van der Waals surface area (Å²) in [4.78, 5) is 26.4. The second-order valence-corrected chi connectivity index (χ2v) is 7.46. The number of halogens is 2. The van der Waals surface area contributed by atoms with Gasteiger partial charge < -0.3 is 15.0 Å². The van der Waals surface area contributed by atoms with Crippen LogP contribution in [0.25, 0.3) is 0 Å². The van der Waals surface area contributed by atoms with Crippen LogP contribution >= 0.6 is 27.5 Å². The van der Waals surface area contributed by atoms with Crippen LogP contribution in [-0.4, -0.2) is 36.4 Å². The van der Waals surface area contributed by atoms with E-state index >= 15 is 0 Å². The summed E-state index contributed by atoms with van der Waals surface area (Å²) in [7, 11) is 1.55. The Morgan fingerprint density at radius 1 is 1.26 bits per heavy atom. The molecule has 0 heterocycles. The van der Waals surface area contributed by atoms with E-state index in [0.29, 0.717) is 21.8 Å². The Labute approximate surface area is 172 Å². The molecule has 0 saturated carbocycles. The molecule has 0 aromatic heterocycles. The van der Waals surface area contributed by atoms with Crippen LogP contribution < -0.4 is 10.1 Å². The summed E-state index contributed by atoms with van der Waals surface area (Å²) in [6.45, 7) is 3.82. The highest BCUT2D eigenvalue weighted by Gasteiger charge is 2.26. The zero-order valence-corrected chi connectivity index (χ0v) is 17.8. The average molecular weight is 454 g/mol. The van der Waals surface area contributed by atoms with Crippen molar-refractivity contribution >= 4 is 39.3 Å². The van der Waals surface area contributed by atoms with Gasteiger partial charge in [0, 0.05) is 18.6 Å². The topological polar surface area (TPSA) is 58.6 Å². The molecule has 2 aromatic rings. The molecule has 0 spiro atoms. The molecule has 0 fully saturated rings. The van der Waals surface area contributed by atoms with Crippen LogP contribution in [0.15, 0.2) is 46.9 Å². The monoisotopic (exact) mass is 452 g/mol. The van der Waals surface area contributed by atoms with E-state index < -0.39 is 6.04 Å². The molecule has 0 bridgehead atoms. The van der Waals surface area contributed by atoms with Crippen molar-refractivity contribution in [3.05, 3.63) is 63.1 Å². The lowest BCUT2D eigenvalue weighted by Gasteiger charge is -2.28. The molecule has 0 aliphatic carbocycles. The minimum absolute atomic E-state index is 0.187. The molecule has 0 saturated heterocycles. The Morgan fingerprint density at radius 2 is 2.00 bits per heavy atom.